The fraction of sp³-hybridized carbons (Fsp3) is 0.667. The first-order chi connectivity index (χ1) is 8.66. The third-order valence-corrected chi connectivity index (χ3v) is 3.80. The van der Waals surface area contributed by atoms with Crippen molar-refractivity contribution in [2.75, 3.05) is 20.2 Å². The molecule has 3 nitrogen and oxygen atoms in total. The number of nitrogens with zero attached hydrogens (tertiary/aromatic N) is 1. The van der Waals surface area contributed by atoms with Crippen LogP contribution in [0.3, 0.4) is 0 Å². The summed E-state index contributed by atoms with van der Waals surface area (Å²) in [6, 6.07) is -0.0316. The average Bonchev–Trinajstić information content (AvgIpc) is 2.37. The maximum Gasteiger partial charge on any atom is 0.323 e. The second-order valence-electron chi connectivity index (χ2n) is 5.49. The molecule has 2 unspecified atom stereocenters. The number of esters is 1. The summed E-state index contributed by atoms with van der Waals surface area (Å²) in [5, 5.41) is 0. The van der Waals surface area contributed by atoms with E-state index in [1.54, 1.807) is 0 Å². The van der Waals surface area contributed by atoms with Gasteiger partial charge in [0.2, 0.25) is 0 Å². The van der Waals surface area contributed by atoms with E-state index < -0.39 is 0 Å². The normalized spacial score (nSPS) is 28.9. The van der Waals surface area contributed by atoms with Crippen LogP contribution in [-0.4, -0.2) is 37.1 Å². The summed E-state index contributed by atoms with van der Waals surface area (Å²) < 4.78 is 5.46. The van der Waals surface area contributed by atoms with Crippen LogP contribution in [0.1, 0.15) is 32.6 Å². The van der Waals surface area contributed by atoms with Gasteiger partial charge in [0.15, 0.2) is 0 Å². The minimum absolute atomic E-state index is 0.0316. The molecular formula is C15H23NO2. The summed E-state index contributed by atoms with van der Waals surface area (Å²) in [6.45, 7) is 3.64. The predicted molar refractivity (Wildman–Crippen MR) is 72.2 cm³/mol. The van der Waals surface area contributed by atoms with Crippen molar-refractivity contribution in [2.24, 2.45) is 5.92 Å². The molecule has 0 aromatic heterocycles. The van der Waals surface area contributed by atoms with E-state index >= 15 is 0 Å². The zero-order valence-electron chi connectivity index (χ0n) is 11.4. The zero-order valence-corrected chi connectivity index (χ0v) is 11.4. The van der Waals surface area contributed by atoms with Crippen molar-refractivity contribution >= 4 is 5.97 Å². The highest BCUT2D eigenvalue weighted by atomic mass is 16.5. The van der Waals surface area contributed by atoms with Gasteiger partial charge in [-0.3, -0.25) is 9.69 Å². The third-order valence-electron chi connectivity index (χ3n) is 3.80. The quantitative estimate of drug-likeness (QED) is 0.720. The Morgan fingerprint density at radius 1 is 1.50 bits per heavy atom. The number of carbonyl (C=O) groups excluding carboxylic acids is 1. The second kappa shape index (κ2) is 6.19. The minimum Gasteiger partial charge on any atom is -0.460 e. The summed E-state index contributed by atoms with van der Waals surface area (Å²) in [7, 11) is 2.01. The van der Waals surface area contributed by atoms with Crippen LogP contribution >= 0.6 is 0 Å². The molecule has 1 heterocycles. The van der Waals surface area contributed by atoms with Crippen molar-refractivity contribution in [3.63, 3.8) is 0 Å². The van der Waals surface area contributed by atoms with Gasteiger partial charge in [-0.05, 0) is 44.3 Å². The Hall–Kier alpha value is -1.09. The molecule has 1 aliphatic carbocycles. The van der Waals surface area contributed by atoms with E-state index in [4.69, 9.17) is 4.74 Å². The van der Waals surface area contributed by atoms with Crippen LogP contribution in [0, 0.1) is 5.92 Å². The van der Waals surface area contributed by atoms with Crippen molar-refractivity contribution < 1.29 is 9.53 Å². The van der Waals surface area contributed by atoms with E-state index in [1.165, 1.54) is 12.0 Å². The Balaban J connectivity index is 1.81. The molecule has 2 aliphatic rings. The highest BCUT2D eigenvalue weighted by molar-refractivity contribution is 5.76. The lowest BCUT2D eigenvalue weighted by Crippen LogP contribution is -2.43. The Morgan fingerprint density at radius 2 is 2.33 bits per heavy atom. The maximum atomic E-state index is 12.0. The summed E-state index contributed by atoms with van der Waals surface area (Å²) in [5.41, 5.74) is 1.22. The molecule has 0 amide bonds. The highest BCUT2D eigenvalue weighted by Gasteiger charge is 2.27. The highest BCUT2D eigenvalue weighted by Crippen LogP contribution is 2.20. The molecular weight excluding hydrogens is 226 g/mol. The van der Waals surface area contributed by atoms with Crippen LogP contribution in [0.15, 0.2) is 23.8 Å². The molecule has 1 fully saturated rings. The molecule has 2 rings (SSSR count). The number of piperidine rings is 1. The van der Waals surface area contributed by atoms with E-state index in [-0.39, 0.29) is 12.0 Å². The van der Waals surface area contributed by atoms with Crippen LogP contribution < -0.4 is 0 Å². The van der Waals surface area contributed by atoms with E-state index in [1.807, 2.05) is 7.05 Å². The zero-order chi connectivity index (χ0) is 13.0. The van der Waals surface area contributed by atoms with E-state index in [9.17, 15) is 4.79 Å². The number of likely N-dealkylation sites (N-methyl/N-ethyl adjacent to an activating group) is 1. The van der Waals surface area contributed by atoms with Crippen LogP contribution in [-0.2, 0) is 9.53 Å². The lowest BCUT2D eigenvalue weighted by atomic mass is 9.96. The molecule has 0 aromatic carbocycles. The van der Waals surface area contributed by atoms with Gasteiger partial charge in [-0.1, -0.05) is 31.6 Å². The first-order valence-corrected chi connectivity index (χ1v) is 6.90. The second-order valence-corrected chi connectivity index (χ2v) is 5.49. The van der Waals surface area contributed by atoms with Crippen molar-refractivity contribution in [3.05, 3.63) is 23.8 Å². The van der Waals surface area contributed by atoms with Crippen LogP contribution in [0.4, 0.5) is 0 Å². The van der Waals surface area contributed by atoms with Crippen molar-refractivity contribution in [1.29, 1.82) is 0 Å². The van der Waals surface area contributed by atoms with Gasteiger partial charge in [0.1, 0.15) is 12.6 Å². The molecule has 0 spiro atoms. The average molecular weight is 249 g/mol. The Labute approximate surface area is 109 Å². The van der Waals surface area contributed by atoms with Gasteiger partial charge >= 0.3 is 5.97 Å². The van der Waals surface area contributed by atoms with Crippen molar-refractivity contribution in [2.45, 2.75) is 38.6 Å². The van der Waals surface area contributed by atoms with Crippen LogP contribution in [0.2, 0.25) is 0 Å². The monoisotopic (exact) mass is 249 g/mol. The van der Waals surface area contributed by atoms with Gasteiger partial charge in [0, 0.05) is 0 Å². The fourth-order valence-corrected chi connectivity index (χ4v) is 2.67. The minimum atomic E-state index is -0.0553. The molecule has 0 saturated carbocycles. The lowest BCUT2D eigenvalue weighted by Gasteiger charge is -2.30. The molecule has 0 radical (unpaired) electrons. The lowest BCUT2D eigenvalue weighted by molar-refractivity contribution is -0.149. The largest absolute Gasteiger partial charge is 0.460 e. The fourth-order valence-electron chi connectivity index (χ4n) is 2.67. The van der Waals surface area contributed by atoms with Gasteiger partial charge in [0.05, 0.1) is 0 Å². The molecule has 3 heteroatoms. The number of likely N-dealkylation sites (tertiary alicyclic amines) is 1. The summed E-state index contributed by atoms with van der Waals surface area (Å²) in [4.78, 5) is 14.1. The number of ether oxygens (including phenoxy) is 1. The predicted octanol–water partition coefficient (Wildman–Crippen LogP) is 2.54. The third kappa shape index (κ3) is 3.45. The summed E-state index contributed by atoms with van der Waals surface area (Å²) in [6.07, 6.45) is 10.6. The standard InChI is InChI=1S/C15H23NO2/c1-12-6-5-7-13(10-12)11-18-15(17)14-8-3-4-9-16(14)2/h5-7,12,14H,3-4,8-11H2,1-2H3. The summed E-state index contributed by atoms with van der Waals surface area (Å²) in [5.74, 6) is 0.501. The topological polar surface area (TPSA) is 29.5 Å². The van der Waals surface area contributed by atoms with Crippen molar-refractivity contribution in [1.82, 2.24) is 4.90 Å². The number of hydrogen-bond acceptors (Lipinski definition) is 3. The summed E-state index contributed by atoms with van der Waals surface area (Å²) >= 11 is 0. The van der Waals surface area contributed by atoms with Crippen LogP contribution in [0.25, 0.3) is 0 Å². The number of hydrogen-bond donors (Lipinski definition) is 0. The Kier molecular flexibility index (Phi) is 4.59. The molecule has 0 aromatic rings. The molecule has 100 valence electrons. The molecule has 0 N–H and O–H groups in total. The van der Waals surface area contributed by atoms with Crippen LogP contribution in [0.5, 0.6) is 0 Å². The van der Waals surface area contributed by atoms with Gasteiger partial charge in [0.25, 0.3) is 0 Å². The molecule has 2 atom stereocenters. The smallest absolute Gasteiger partial charge is 0.323 e. The Bertz CT molecular complexity index is 360. The van der Waals surface area contributed by atoms with Gasteiger partial charge in [-0.15, -0.1) is 0 Å². The number of rotatable bonds is 3. The van der Waals surface area contributed by atoms with E-state index in [2.05, 4.69) is 30.1 Å². The first kappa shape index (κ1) is 13.3. The van der Waals surface area contributed by atoms with Gasteiger partial charge in [-0.2, -0.15) is 0 Å². The molecule has 18 heavy (non-hydrogen) atoms. The van der Waals surface area contributed by atoms with E-state index in [0.29, 0.717) is 12.5 Å². The SMILES string of the molecule is CC1C=CC=C(COC(=O)C2CCCCN2C)C1. The molecule has 1 aliphatic heterocycles. The van der Waals surface area contributed by atoms with E-state index in [0.717, 1.165) is 25.8 Å². The maximum absolute atomic E-state index is 12.0. The molecule has 0 bridgehead atoms. The molecule has 1 saturated heterocycles. The van der Waals surface area contributed by atoms with Crippen molar-refractivity contribution in [3.8, 4) is 0 Å². The number of allylic oxidation sites excluding steroid dienone is 3. The van der Waals surface area contributed by atoms with Gasteiger partial charge < -0.3 is 4.74 Å². The first-order valence-electron chi connectivity index (χ1n) is 6.90. The van der Waals surface area contributed by atoms with Gasteiger partial charge in [-0.25, -0.2) is 0 Å². The number of carbonyl (C=O) groups is 1. The Morgan fingerprint density at radius 3 is 3.06 bits per heavy atom.